The predicted octanol–water partition coefficient (Wildman–Crippen LogP) is 2.65. The van der Waals surface area contributed by atoms with Crippen molar-refractivity contribution in [2.75, 3.05) is 0 Å². The summed E-state index contributed by atoms with van der Waals surface area (Å²) >= 11 is 5.58. The average Bonchev–Trinajstić information content (AvgIpc) is 1.97. The Morgan fingerprint density at radius 3 is 2.58 bits per heavy atom. The van der Waals surface area contributed by atoms with E-state index in [9.17, 15) is 14.5 Å². The number of nitrogens with zero attached hydrogens (tertiary/aromatic N) is 2. The van der Waals surface area contributed by atoms with Crippen LogP contribution in [0.3, 0.4) is 0 Å². The van der Waals surface area contributed by atoms with Crippen LogP contribution >= 0.6 is 31.9 Å². The van der Waals surface area contributed by atoms with Crippen LogP contribution in [0, 0.1) is 15.9 Å². The van der Waals surface area contributed by atoms with E-state index in [1.807, 2.05) is 0 Å². The molecule has 1 rings (SSSR count). The van der Waals surface area contributed by atoms with Gasteiger partial charge >= 0.3 is 5.69 Å². The zero-order valence-corrected chi connectivity index (χ0v) is 8.59. The first kappa shape index (κ1) is 9.53. The molecular formula is C5HBr2FN2O2. The molecule has 7 heteroatoms. The first-order valence-electron chi connectivity index (χ1n) is 2.68. The van der Waals surface area contributed by atoms with Crippen LogP contribution in [-0.4, -0.2) is 9.91 Å². The van der Waals surface area contributed by atoms with Gasteiger partial charge in [-0.15, -0.1) is 0 Å². The van der Waals surface area contributed by atoms with Crippen molar-refractivity contribution in [1.82, 2.24) is 4.98 Å². The fourth-order valence-corrected chi connectivity index (χ4v) is 1.74. The molecule has 0 saturated heterocycles. The third-order valence-corrected chi connectivity index (χ3v) is 2.42. The number of halogens is 3. The summed E-state index contributed by atoms with van der Waals surface area (Å²) < 4.78 is 12.5. The van der Waals surface area contributed by atoms with Gasteiger partial charge in [-0.25, -0.2) is 9.37 Å². The highest BCUT2D eigenvalue weighted by Gasteiger charge is 2.21. The number of rotatable bonds is 1. The normalized spacial score (nSPS) is 9.92. The van der Waals surface area contributed by atoms with Crippen LogP contribution in [0.5, 0.6) is 0 Å². The van der Waals surface area contributed by atoms with Crippen LogP contribution < -0.4 is 0 Å². The Balaban J connectivity index is 3.43. The molecule has 1 heterocycles. The molecule has 64 valence electrons. The Morgan fingerprint density at radius 2 is 2.17 bits per heavy atom. The SMILES string of the molecule is O=[N+]([O-])c1c(Br)ncc(F)c1Br. The van der Waals surface area contributed by atoms with Crippen molar-refractivity contribution in [1.29, 1.82) is 0 Å². The van der Waals surface area contributed by atoms with Crippen LogP contribution in [0.2, 0.25) is 0 Å². The van der Waals surface area contributed by atoms with Crippen LogP contribution in [0.25, 0.3) is 0 Å². The summed E-state index contributed by atoms with van der Waals surface area (Å²) in [6.45, 7) is 0. The summed E-state index contributed by atoms with van der Waals surface area (Å²) in [5.74, 6) is -0.759. The van der Waals surface area contributed by atoms with Crippen molar-refractivity contribution in [2.24, 2.45) is 0 Å². The first-order valence-corrected chi connectivity index (χ1v) is 4.26. The van der Waals surface area contributed by atoms with Crippen molar-refractivity contribution < 1.29 is 9.31 Å². The standard InChI is InChI=1S/C5HBr2FN2O2/c6-3-2(8)1-9-5(7)4(3)10(11)12/h1H. The van der Waals surface area contributed by atoms with Gasteiger partial charge in [-0.3, -0.25) is 10.1 Å². The van der Waals surface area contributed by atoms with E-state index >= 15 is 0 Å². The number of hydrogen-bond donors (Lipinski definition) is 0. The lowest BCUT2D eigenvalue weighted by Gasteiger charge is -1.97. The maximum Gasteiger partial charge on any atom is 0.318 e. The van der Waals surface area contributed by atoms with Gasteiger partial charge in [0.2, 0.25) is 0 Å². The Bertz CT molecular complexity index is 344. The number of aromatic nitrogens is 1. The van der Waals surface area contributed by atoms with Gasteiger partial charge < -0.3 is 0 Å². The van der Waals surface area contributed by atoms with Crippen molar-refractivity contribution >= 4 is 37.5 Å². The second-order valence-corrected chi connectivity index (χ2v) is 3.36. The Kier molecular flexibility index (Phi) is 2.73. The van der Waals surface area contributed by atoms with Crippen molar-refractivity contribution in [2.45, 2.75) is 0 Å². The van der Waals surface area contributed by atoms with Gasteiger partial charge in [0.15, 0.2) is 10.4 Å². The summed E-state index contributed by atoms with van der Waals surface area (Å²) in [7, 11) is 0. The van der Waals surface area contributed by atoms with E-state index in [-0.39, 0.29) is 9.08 Å². The molecule has 4 nitrogen and oxygen atoms in total. The second-order valence-electron chi connectivity index (χ2n) is 1.82. The van der Waals surface area contributed by atoms with Crippen molar-refractivity contribution in [3.8, 4) is 0 Å². The second kappa shape index (κ2) is 3.44. The van der Waals surface area contributed by atoms with E-state index in [1.54, 1.807) is 0 Å². The van der Waals surface area contributed by atoms with Crippen molar-refractivity contribution in [3.05, 3.63) is 31.2 Å². The molecule has 0 radical (unpaired) electrons. The fraction of sp³-hybridized carbons (Fsp3) is 0. The van der Waals surface area contributed by atoms with E-state index in [4.69, 9.17) is 0 Å². The Morgan fingerprint density at radius 1 is 1.58 bits per heavy atom. The van der Waals surface area contributed by atoms with Crippen LogP contribution in [0.1, 0.15) is 0 Å². The van der Waals surface area contributed by atoms with Crippen LogP contribution in [-0.2, 0) is 0 Å². The lowest BCUT2D eigenvalue weighted by atomic mass is 10.4. The number of hydrogen-bond acceptors (Lipinski definition) is 3. The number of nitro groups is 1. The highest BCUT2D eigenvalue weighted by Crippen LogP contribution is 2.32. The summed E-state index contributed by atoms with van der Waals surface area (Å²) in [6, 6.07) is 0. The minimum Gasteiger partial charge on any atom is -0.258 e. The van der Waals surface area contributed by atoms with E-state index < -0.39 is 16.4 Å². The molecule has 0 spiro atoms. The highest BCUT2D eigenvalue weighted by atomic mass is 79.9. The molecule has 0 atom stereocenters. The van der Waals surface area contributed by atoms with Gasteiger partial charge in [0.1, 0.15) is 4.47 Å². The fourth-order valence-electron chi connectivity index (χ4n) is 0.590. The molecule has 1 aromatic heterocycles. The molecule has 0 N–H and O–H groups in total. The summed E-state index contributed by atoms with van der Waals surface area (Å²) in [6.07, 6.45) is 0.890. The van der Waals surface area contributed by atoms with Gasteiger partial charge in [-0.2, -0.15) is 0 Å². The van der Waals surface area contributed by atoms with Crippen molar-refractivity contribution in [3.63, 3.8) is 0 Å². The van der Waals surface area contributed by atoms with E-state index in [0.717, 1.165) is 6.20 Å². The van der Waals surface area contributed by atoms with Gasteiger partial charge in [0.05, 0.1) is 11.1 Å². The summed E-state index contributed by atoms with van der Waals surface area (Å²) in [5, 5.41) is 10.3. The molecule has 0 aliphatic rings. The molecule has 0 aliphatic carbocycles. The lowest BCUT2D eigenvalue weighted by Crippen LogP contribution is -1.95. The third-order valence-electron chi connectivity index (χ3n) is 1.09. The minimum atomic E-state index is -0.759. The molecule has 0 aromatic carbocycles. The molecular weight excluding hydrogens is 299 g/mol. The molecule has 0 fully saturated rings. The third kappa shape index (κ3) is 1.61. The van der Waals surface area contributed by atoms with E-state index in [0.29, 0.717) is 0 Å². The van der Waals surface area contributed by atoms with Gasteiger partial charge in [-0.05, 0) is 31.9 Å². The van der Waals surface area contributed by atoms with E-state index in [1.165, 1.54) is 0 Å². The smallest absolute Gasteiger partial charge is 0.258 e. The molecule has 0 bridgehead atoms. The Labute approximate surface area is 83.2 Å². The molecule has 0 aliphatic heterocycles. The zero-order valence-electron chi connectivity index (χ0n) is 5.42. The summed E-state index contributed by atoms with van der Waals surface area (Å²) in [4.78, 5) is 13.0. The largest absolute Gasteiger partial charge is 0.318 e. The van der Waals surface area contributed by atoms with Crippen LogP contribution in [0.15, 0.2) is 15.3 Å². The maximum absolute atomic E-state index is 12.7. The average molecular weight is 300 g/mol. The highest BCUT2D eigenvalue weighted by molar-refractivity contribution is 9.11. The monoisotopic (exact) mass is 298 g/mol. The lowest BCUT2D eigenvalue weighted by molar-refractivity contribution is -0.387. The molecule has 0 saturated carbocycles. The first-order chi connectivity index (χ1) is 5.54. The number of pyridine rings is 1. The molecule has 0 amide bonds. The van der Waals surface area contributed by atoms with Gasteiger partial charge in [0, 0.05) is 0 Å². The predicted molar refractivity (Wildman–Crippen MR) is 46.2 cm³/mol. The summed E-state index contributed by atoms with van der Waals surface area (Å²) in [5.41, 5.74) is -0.407. The molecule has 0 unspecified atom stereocenters. The zero-order chi connectivity index (χ0) is 9.30. The minimum absolute atomic E-state index is 0.000718. The van der Waals surface area contributed by atoms with Crippen LogP contribution in [0.4, 0.5) is 10.1 Å². The Hall–Kier alpha value is -0.560. The van der Waals surface area contributed by atoms with Gasteiger partial charge in [0.25, 0.3) is 0 Å². The quantitative estimate of drug-likeness (QED) is 0.455. The molecule has 1 aromatic rings. The van der Waals surface area contributed by atoms with Gasteiger partial charge in [-0.1, -0.05) is 0 Å². The molecule has 12 heavy (non-hydrogen) atoms. The van der Waals surface area contributed by atoms with E-state index in [2.05, 4.69) is 36.8 Å². The topological polar surface area (TPSA) is 56.0 Å². The maximum atomic E-state index is 12.7.